The Hall–Kier alpha value is -4.11. The molecule has 0 amide bonds. The van der Waals surface area contributed by atoms with E-state index in [1.54, 1.807) is 13.8 Å². The second kappa shape index (κ2) is 9.02. The fourth-order valence-corrected chi connectivity index (χ4v) is 5.70. The lowest BCUT2D eigenvalue weighted by molar-refractivity contribution is -0.176. The van der Waals surface area contributed by atoms with Gasteiger partial charge in [-0.2, -0.15) is 0 Å². The summed E-state index contributed by atoms with van der Waals surface area (Å²) in [6.07, 6.45) is 0. The summed E-state index contributed by atoms with van der Waals surface area (Å²) in [4.78, 5) is 22.9. The Morgan fingerprint density at radius 3 is 2.13 bits per heavy atom. The number of hydrogen-bond donors (Lipinski definition) is 3. The van der Waals surface area contributed by atoms with Crippen molar-refractivity contribution in [3.63, 3.8) is 0 Å². The number of fused-ring (bicyclic) bond motifs is 2. The van der Waals surface area contributed by atoms with Crippen LogP contribution in [0.15, 0.2) is 56.7 Å². The summed E-state index contributed by atoms with van der Waals surface area (Å²) in [6, 6.07) is 8.31. The van der Waals surface area contributed by atoms with E-state index in [1.165, 1.54) is 24.3 Å². The Morgan fingerprint density at radius 1 is 0.947 bits per heavy atom. The molecule has 0 fully saturated rings. The molecule has 38 heavy (non-hydrogen) atoms. The molecule has 2 aliphatic rings. The third-order valence-electron chi connectivity index (χ3n) is 5.86. The number of anilines is 1. The highest BCUT2D eigenvalue weighted by atomic mass is 32.2. The summed E-state index contributed by atoms with van der Waals surface area (Å²) < 4.78 is 78.5. The van der Waals surface area contributed by atoms with E-state index in [0.717, 1.165) is 18.2 Å². The normalized spacial score (nSPS) is 12.3. The molecule has 0 bridgehead atoms. The van der Waals surface area contributed by atoms with Gasteiger partial charge in [0, 0.05) is 34.1 Å². The molecule has 1 aliphatic heterocycles. The van der Waals surface area contributed by atoms with Crippen LogP contribution in [-0.4, -0.2) is 42.8 Å². The number of Topliss-reactive ketones (excluding diaryl/α,β-unsaturated/α-hetero) is 1. The predicted octanol–water partition coefficient (Wildman–Crippen LogP) is 0.792. The molecule has 2 aromatic rings. The first-order valence-corrected chi connectivity index (χ1v) is 13.6. The van der Waals surface area contributed by atoms with Crippen LogP contribution in [0.2, 0.25) is 0 Å². The highest BCUT2D eigenvalue weighted by molar-refractivity contribution is 7.86. The van der Waals surface area contributed by atoms with Gasteiger partial charge in [0.15, 0.2) is 22.0 Å². The minimum absolute atomic E-state index is 0.0984. The number of rotatable bonds is 6. The van der Waals surface area contributed by atoms with Gasteiger partial charge in [-0.1, -0.05) is 19.9 Å². The van der Waals surface area contributed by atoms with Gasteiger partial charge in [0.25, 0.3) is 0 Å². The smallest absolute Gasteiger partial charge is 0.336 e. The van der Waals surface area contributed by atoms with Gasteiger partial charge >= 0.3 is 5.97 Å². The summed E-state index contributed by atoms with van der Waals surface area (Å²) in [6.45, 7) is 3.25. The number of nitrogens with two attached hydrogens (primary N) is 2. The van der Waals surface area contributed by atoms with Crippen LogP contribution in [0, 0.1) is 5.92 Å². The van der Waals surface area contributed by atoms with Gasteiger partial charge < -0.3 is 24.4 Å². The zero-order chi connectivity index (χ0) is 28.3. The molecule has 0 atom stereocenters. The standard InChI is InChI=1S/C24H20N2O10S2/c1-10(2)19(27)11-3-4-12(24(28)29)15(9-11)18-13-5-7-16(25)22(37(30,31)32)20(13)36-21-14(18)6-8-17(26)23(21)38(33,34)35/h3-10,25H,26H2,1-2H3,(H,28,29)(H,30,31,32)(H,33,34,35)/p-1. The van der Waals surface area contributed by atoms with Crippen molar-refractivity contribution in [2.45, 2.75) is 23.6 Å². The first kappa shape index (κ1) is 26.9. The van der Waals surface area contributed by atoms with Gasteiger partial charge in [-0.25, -0.2) is 21.6 Å². The van der Waals surface area contributed by atoms with E-state index in [9.17, 15) is 40.6 Å². The van der Waals surface area contributed by atoms with Gasteiger partial charge in [-0.05, 0) is 35.9 Å². The molecule has 4 rings (SSSR count). The van der Waals surface area contributed by atoms with Gasteiger partial charge in [0.2, 0.25) is 5.36 Å². The van der Waals surface area contributed by atoms with Crippen LogP contribution in [-0.2, 0) is 20.2 Å². The molecule has 0 unspecified atom stereocenters. The number of benzene rings is 3. The van der Waals surface area contributed by atoms with Gasteiger partial charge in [0.05, 0.1) is 11.3 Å². The van der Waals surface area contributed by atoms with Crippen LogP contribution in [0.1, 0.15) is 34.6 Å². The fraction of sp³-hybridized carbons (Fsp3) is 0.125. The van der Waals surface area contributed by atoms with Crippen molar-refractivity contribution in [1.82, 2.24) is 0 Å². The maximum atomic E-state index is 12.8. The molecule has 1 aliphatic carbocycles. The lowest BCUT2D eigenvalue weighted by Crippen LogP contribution is -2.47. The molecule has 0 saturated heterocycles. The molecule has 0 spiro atoms. The first-order chi connectivity index (χ1) is 17.5. The fourth-order valence-electron chi connectivity index (χ4n) is 4.23. The number of carboxylic acid groups (broad SMARTS) is 1. The van der Waals surface area contributed by atoms with Gasteiger partial charge in [-0.3, -0.25) is 10.2 Å². The first-order valence-electron chi connectivity index (χ1n) is 10.8. The maximum absolute atomic E-state index is 12.8. The Kier molecular flexibility index (Phi) is 6.40. The third-order valence-corrected chi connectivity index (χ3v) is 7.70. The van der Waals surface area contributed by atoms with E-state index in [1.807, 2.05) is 0 Å². The molecule has 2 aromatic carbocycles. The zero-order valence-corrected chi connectivity index (χ0v) is 21.3. The van der Waals surface area contributed by atoms with E-state index in [2.05, 4.69) is 0 Å². The lowest BCUT2D eigenvalue weighted by Gasteiger charge is -2.22. The summed E-state index contributed by atoms with van der Waals surface area (Å²) in [5.74, 6) is -3.00. The van der Waals surface area contributed by atoms with Crippen molar-refractivity contribution in [3.05, 3.63) is 58.9 Å². The lowest BCUT2D eigenvalue weighted by atomic mass is 9.88. The molecule has 0 radical (unpaired) electrons. The van der Waals surface area contributed by atoms with Crippen molar-refractivity contribution < 1.29 is 50.5 Å². The molecule has 198 valence electrons. The molecule has 0 saturated carbocycles. The summed E-state index contributed by atoms with van der Waals surface area (Å²) in [5.41, 5.74) is 3.79. The van der Waals surface area contributed by atoms with Crippen LogP contribution < -0.4 is 16.5 Å². The van der Waals surface area contributed by atoms with Gasteiger partial charge in [-0.15, -0.1) is 0 Å². The Morgan fingerprint density at radius 2 is 1.58 bits per heavy atom. The number of hydrogen-bond acceptors (Lipinski definition) is 10. The topological polar surface area (TPSA) is 234 Å². The van der Waals surface area contributed by atoms with E-state index in [4.69, 9.17) is 15.6 Å². The average Bonchev–Trinajstić information content (AvgIpc) is 2.79. The van der Waals surface area contributed by atoms with E-state index in [0.29, 0.717) is 0 Å². The summed E-state index contributed by atoms with van der Waals surface area (Å²) >= 11 is 0. The quantitative estimate of drug-likeness (QED) is 0.129. The van der Waals surface area contributed by atoms with Crippen molar-refractivity contribution in [3.8, 4) is 22.5 Å². The molecule has 0 aromatic heterocycles. The second-order valence-corrected chi connectivity index (χ2v) is 11.3. The third kappa shape index (κ3) is 4.43. The van der Waals surface area contributed by atoms with Crippen molar-refractivity contribution >= 4 is 48.6 Å². The molecular formula is C24H19N2O10S2-. The van der Waals surface area contributed by atoms with Crippen molar-refractivity contribution in [2.24, 2.45) is 5.92 Å². The number of aromatic carboxylic acids is 1. The molecule has 14 heteroatoms. The molecule has 1 heterocycles. The van der Waals surface area contributed by atoms with E-state index >= 15 is 0 Å². The van der Waals surface area contributed by atoms with E-state index in [-0.39, 0.29) is 39.0 Å². The maximum Gasteiger partial charge on any atom is 0.336 e. The second-order valence-electron chi connectivity index (χ2n) is 8.69. The number of nitrogen functional groups attached to an aromatic ring is 1. The SMILES string of the molecule is CC(C)C(=O)c1ccc(C(=O)O)c(-c2c3ccc(=[NH2+])c(S(=O)(=O)[O-])c-3oc3c(S(=O)(=O)[O-])c(N)ccc23)c1. The summed E-state index contributed by atoms with van der Waals surface area (Å²) in [5, 5.41) is 15.0. The summed E-state index contributed by atoms with van der Waals surface area (Å²) in [7, 11) is -10.7. The monoisotopic (exact) mass is 559 g/mol. The minimum Gasteiger partial charge on any atom is -0.744 e. The van der Waals surface area contributed by atoms with Crippen LogP contribution in [0.3, 0.4) is 0 Å². The molecule has 5 N–H and O–H groups in total. The number of carboxylic acids is 1. The number of carbonyl (C=O) groups excluding carboxylic acids is 1. The molecule has 12 nitrogen and oxygen atoms in total. The minimum atomic E-state index is -5.34. The number of ketones is 1. The van der Waals surface area contributed by atoms with Crippen LogP contribution >= 0.6 is 0 Å². The van der Waals surface area contributed by atoms with Crippen LogP contribution in [0.25, 0.3) is 33.4 Å². The van der Waals surface area contributed by atoms with Crippen LogP contribution in [0.4, 0.5) is 5.69 Å². The molecular weight excluding hydrogens is 540 g/mol. The Bertz CT molecular complexity index is 1920. The Balaban J connectivity index is 2.37. The number of carbonyl (C=O) groups is 2. The predicted molar refractivity (Wildman–Crippen MR) is 130 cm³/mol. The average molecular weight is 560 g/mol. The zero-order valence-electron chi connectivity index (χ0n) is 19.7. The Labute approximate surface area is 215 Å². The van der Waals surface area contributed by atoms with E-state index < -0.39 is 64.3 Å². The van der Waals surface area contributed by atoms with Gasteiger partial charge in [0.1, 0.15) is 25.1 Å². The largest absolute Gasteiger partial charge is 0.744 e. The highest BCUT2D eigenvalue weighted by Gasteiger charge is 2.30. The highest BCUT2D eigenvalue weighted by Crippen LogP contribution is 2.45. The van der Waals surface area contributed by atoms with Crippen LogP contribution in [0.5, 0.6) is 0 Å². The van der Waals surface area contributed by atoms with Crippen molar-refractivity contribution in [1.29, 1.82) is 0 Å². The van der Waals surface area contributed by atoms with Crippen molar-refractivity contribution in [2.75, 3.05) is 5.73 Å².